The summed E-state index contributed by atoms with van der Waals surface area (Å²) in [6.45, 7) is 24.8. The summed E-state index contributed by atoms with van der Waals surface area (Å²) in [6.07, 6.45) is 9.29. The van der Waals surface area contributed by atoms with Crippen LogP contribution < -0.4 is 0 Å². The lowest BCUT2D eigenvalue weighted by Gasteiger charge is -2.25. The number of carbonyl (C=O) groups is 1. The number of carbonyl (C=O) groups excluding carboxylic acids is 1. The van der Waals surface area contributed by atoms with Gasteiger partial charge in [0.25, 0.3) is 0 Å². The third kappa shape index (κ3) is 8.94. The summed E-state index contributed by atoms with van der Waals surface area (Å²) in [5.74, 6) is 0. The Labute approximate surface area is 196 Å². The van der Waals surface area contributed by atoms with Crippen molar-refractivity contribution in [2.75, 3.05) is 0 Å². The summed E-state index contributed by atoms with van der Waals surface area (Å²) >= 11 is 0. The molecule has 0 radical (unpaired) electrons. The van der Waals surface area contributed by atoms with Gasteiger partial charge in [0, 0.05) is 59.4 Å². The summed E-state index contributed by atoms with van der Waals surface area (Å²) in [5, 5.41) is 0. The SMILES string of the molecule is CC(C)(C)Cn1cccc1.CC(C)(C)n1cccc1.Cc1cc(C=O)c(C)n1C(C)(C)C. The molecule has 0 fully saturated rings. The first kappa shape index (κ1) is 27.5. The molecule has 4 heteroatoms. The molecule has 0 aliphatic heterocycles. The van der Waals surface area contributed by atoms with Crippen molar-refractivity contribution < 1.29 is 4.79 Å². The molecule has 3 aromatic heterocycles. The Morgan fingerprint density at radius 3 is 1.50 bits per heavy atom. The van der Waals surface area contributed by atoms with Crippen molar-refractivity contribution in [3.8, 4) is 0 Å². The molecule has 0 unspecified atom stereocenters. The van der Waals surface area contributed by atoms with E-state index in [0.29, 0.717) is 5.41 Å². The van der Waals surface area contributed by atoms with Gasteiger partial charge >= 0.3 is 0 Å². The van der Waals surface area contributed by atoms with E-state index in [-0.39, 0.29) is 11.1 Å². The first-order chi connectivity index (χ1) is 14.6. The fourth-order valence-corrected chi connectivity index (χ4v) is 3.74. The van der Waals surface area contributed by atoms with Gasteiger partial charge in [0.15, 0.2) is 6.29 Å². The molecule has 0 aliphatic carbocycles. The molecular weight excluding hydrogens is 394 g/mol. The molecule has 3 aromatic rings. The van der Waals surface area contributed by atoms with Gasteiger partial charge in [-0.15, -0.1) is 0 Å². The maximum atomic E-state index is 10.7. The number of hydrogen-bond donors (Lipinski definition) is 0. The number of hydrogen-bond acceptors (Lipinski definition) is 1. The third-order valence-electron chi connectivity index (χ3n) is 4.97. The normalized spacial score (nSPS) is 11.8. The molecule has 0 spiro atoms. The van der Waals surface area contributed by atoms with Gasteiger partial charge in [-0.1, -0.05) is 20.8 Å². The summed E-state index contributed by atoms with van der Waals surface area (Å²) in [5.41, 5.74) is 3.68. The highest BCUT2D eigenvalue weighted by Crippen LogP contribution is 2.23. The van der Waals surface area contributed by atoms with Crippen molar-refractivity contribution in [1.29, 1.82) is 0 Å². The van der Waals surface area contributed by atoms with E-state index in [1.807, 2.05) is 32.0 Å². The average molecular weight is 440 g/mol. The molecule has 178 valence electrons. The standard InChI is InChI=1S/C11H17NO.C9H15N.C8H13N/c1-8-6-10(7-13)9(2)12(8)11(3,4)5;1-9(2,3)8-10-6-4-5-7-10;1-8(2,3)9-6-4-5-7-9/h6-7H,1-5H3;4-7H,8H2,1-3H3;4-7H,1-3H3. The Hall–Kier alpha value is -2.49. The first-order valence-electron chi connectivity index (χ1n) is 11.4. The second-order valence-corrected chi connectivity index (χ2v) is 11.6. The number of aromatic nitrogens is 3. The second kappa shape index (κ2) is 10.9. The topological polar surface area (TPSA) is 31.9 Å². The van der Waals surface area contributed by atoms with Crippen molar-refractivity contribution in [3.05, 3.63) is 72.1 Å². The first-order valence-corrected chi connectivity index (χ1v) is 11.4. The van der Waals surface area contributed by atoms with Gasteiger partial charge in [0.1, 0.15) is 0 Å². The van der Waals surface area contributed by atoms with E-state index in [0.717, 1.165) is 29.8 Å². The fraction of sp³-hybridized carbons (Fsp3) is 0.536. The van der Waals surface area contributed by atoms with Gasteiger partial charge in [-0.05, 0) is 91.1 Å². The molecule has 32 heavy (non-hydrogen) atoms. The highest BCUT2D eigenvalue weighted by atomic mass is 16.1. The fourth-order valence-electron chi connectivity index (χ4n) is 3.74. The van der Waals surface area contributed by atoms with Crippen LogP contribution in [0.15, 0.2) is 55.1 Å². The molecule has 0 aromatic carbocycles. The van der Waals surface area contributed by atoms with Gasteiger partial charge in [0.05, 0.1) is 0 Å². The summed E-state index contributed by atoms with van der Waals surface area (Å²) < 4.78 is 6.59. The lowest BCUT2D eigenvalue weighted by molar-refractivity contribution is 0.112. The van der Waals surface area contributed by atoms with Crippen LogP contribution >= 0.6 is 0 Å². The Balaban J connectivity index is 0.000000245. The average Bonchev–Trinajstić information content (AvgIpc) is 3.34. The molecule has 0 bridgehead atoms. The van der Waals surface area contributed by atoms with Crippen molar-refractivity contribution in [2.24, 2.45) is 5.41 Å². The van der Waals surface area contributed by atoms with E-state index in [1.165, 1.54) is 0 Å². The zero-order valence-corrected chi connectivity index (χ0v) is 22.2. The summed E-state index contributed by atoms with van der Waals surface area (Å²) in [6, 6.07) is 10.2. The van der Waals surface area contributed by atoms with Crippen molar-refractivity contribution in [3.63, 3.8) is 0 Å². The Morgan fingerprint density at radius 1 is 0.750 bits per heavy atom. The van der Waals surface area contributed by atoms with Gasteiger partial charge in [-0.2, -0.15) is 0 Å². The van der Waals surface area contributed by atoms with Crippen LogP contribution in [0.25, 0.3) is 0 Å². The smallest absolute Gasteiger partial charge is 0.151 e. The molecule has 4 nitrogen and oxygen atoms in total. The Kier molecular flexibility index (Phi) is 9.37. The van der Waals surface area contributed by atoms with E-state index in [4.69, 9.17) is 0 Å². The van der Waals surface area contributed by atoms with E-state index in [2.05, 4.69) is 113 Å². The molecule has 0 saturated heterocycles. The molecule has 3 heterocycles. The molecule has 0 saturated carbocycles. The lowest BCUT2D eigenvalue weighted by atomic mass is 9.97. The van der Waals surface area contributed by atoms with Crippen LogP contribution in [0.4, 0.5) is 0 Å². The Bertz CT molecular complexity index is 923. The summed E-state index contributed by atoms with van der Waals surface area (Å²) in [7, 11) is 0. The minimum Gasteiger partial charge on any atom is -0.354 e. The summed E-state index contributed by atoms with van der Waals surface area (Å²) in [4.78, 5) is 10.7. The van der Waals surface area contributed by atoms with Crippen LogP contribution in [0.1, 0.15) is 84.1 Å². The van der Waals surface area contributed by atoms with Crippen molar-refractivity contribution in [1.82, 2.24) is 13.7 Å². The van der Waals surface area contributed by atoms with Crippen LogP contribution in [0.3, 0.4) is 0 Å². The Morgan fingerprint density at radius 2 is 1.22 bits per heavy atom. The van der Waals surface area contributed by atoms with Crippen LogP contribution in [0, 0.1) is 19.3 Å². The predicted molar refractivity (Wildman–Crippen MR) is 138 cm³/mol. The predicted octanol–water partition coefficient (Wildman–Crippen LogP) is 7.45. The zero-order valence-electron chi connectivity index (χ0n) is 22.2. The maximum absolute atomic E-state index is 10.7. The van der Waals surface area contributed by atoms with Crippen LogP contribution in [-0.4, -0.2) is 20.0 Å². The quantitative estimate of drug-likeness (QED) is 0.382. The van der Waals surface area contributed by atoms with E-state index >= 15 is 0 Å². The highest BCUT2D eigenvalue weighted by molar-refractivity contribution is 5.77. The number of rotatable bonds is 2. The largest absolute Gasteiger partial charge is 0.354 e. The van der Waals surface area contributed by atoms with Crippen LogP contribution in [-0.2, 0) is 17.6 Å². The molecule has 0 atom stereocenters. The second-order valence-electron chi connectivity index (χ2n) is 11.6. The van der Waals surface area contributed by atoms with E-state index < -0.39 is 0 Å². The zero-order chi connectivity index (χ0) is 24.7. The van der Waals surface area contributed by atoms with Crippen molar-refractivity contribution >= 4 is 6.29 Å². The monoisotopic (exact) mass is 439 g/mol. The van der Waals surface area contributed by atoms with Crippen molar-refractivity contribution in [2.45, 2.75) is 93.8 Å². The van der Waals surface area contributed by atoms with Gasteiger partial charge < -0.3 is 13.7 Å². The molecule has 0 aliphatic rings. The van der Waals surface area contributed by atoms with Gasteiger partial charge in [-0.3, -0.25) is 4.79 Å². The minimum atomic E-state index is 0.0510. The molecule has 0 N–H and O–H groups in total. The lowest BCUT2D eigenvalue weighted by Crippen LogP contribution is -2.24. The maximum Gasteiger partial charge on any atom is 0.151 e. The van der Waals surface area contributed by atoms with Gasteiger partial charge in [-0.25, -0.2) is 0 Å². The third-order valence-corrected chi connectivity index (χ3v) is 4.97. The van der Waals surface area contributed by atoms with Crippen LogP contribution in [0.5, 0.6) is 0 Å². The van der Waals surface area contributed by atoms with Crippen LogP contribution in [0.2, 0.25) is 0 Å². The highest BCUT2D eigenvalue weighted by Gasteiger charge is 2.19. The molecular formula is C28H45N3O. The number of nitrogens with zero attached hydrogens (tertiary/aromatic N) is 3. The minimum absolute atomic E-state index is 0.0510. The van der Waals surface area contributed by atoms with E-state index in [9.17, 15) is 4.79 Å². The van der Waals surface area contributed by atoms with Gasteiger partial charge in [0.2, 0.25) is 0 Å². The number of aryl methyl sites for hydroxylation is 1. The number of aldehydes is 1. The molecule has 3 rings (SSSR count). The molecule has 0 amide bonds. The van der Waals surface area contributed by atoms with E-state index in [1.54, 1.807) is 0 Å².